The summed E-state index contributed by atoms with van der Waals surface area (Å²) in [6.45, 7) is 5.56. The van der Waals surface area contributed by atoms with E-state index in [1.54, 1.807) is 0 Å². The molecule has 146 valence electrons. The summed E-state index contributed by atoms with van der Waals surface area (Å²) >= 11 is 0. The van der Waals surface area contributed by atoms with Gasteiger partial charge in [-0.3, -0.25) is 14.9 Å². The summed E-state index contributed by atoms with van der Waals surface area (Å²) < 4.78 is 28.5. The van der Waals surface area contributed by atoms with Gasteiger partial charge in [0.15, 0.2) is 0 Å². The van der Waals surface area contributed by atoms with Crippen LogP contribution in [-0.4, -0.2) is 27.9 Å². The van der Waals surface area contributed by atoms with Crippen molar-refractivity contribution in [2.45, 2.75) is 26.3 Å². The molecule has 0 bridgehead atoms. The minimum absolute atomic E-state index is 0.337. The Morgan fingerprint density at radius 2 is 1.82 bits per heavy atom. The highest BCUT2D eigenvalue weighted by molar-refractivity contribution is 5.99. The van der Waals surface area contributed by atoms with Gasteiger partial charge in [0.1, 0.15) is 11.6 Å². The van der Waals surface area contributed by atoms with E-state index < -0.39 is 23.4 Å². The van der Waals surface area contributed by atoms with E-state index in [-0.39, 0.29) is 17.6 Å². The number of aromatic nitrogens is 2. The predicted octanol–water partition coefficient (Wildman–Crippen LogP) is 3.44. The molecule has 0 saturated heterocycles. The number of amides is 2. The summed E-state index contributed by atoms with van der Waals surface area (Å²) in [6, 6.07) is 10.1. The zero-order valence-corrected chi connectivity index (χ0v) is 15.7. The minimum Gasteiger partial charge on any atom is -0.343 e. The molecule has 0 aliphatic heterocycles. The molecular formula is C20H20F2N4O2. The van der Waals surface area contributed by atoms with Crippen molar-refractivity contribution in [3.63, 3.8) is 0 Å². The number of hydrogen-bond donors (Lipinski definition) is 2. The molecule has 0 fully saturated rings. The van der Waals surface area contributed by atoms with E-state index >= 15 is 0 Å². The average Bonchev–Trinajstić information content (AvgIpc) is 2.97. The fraction of sp³-hybridized carbons (Fsp3) is 0.250. The van der Waals surface area contributed by atoms with Crippen LogP contribution in [0.2, 0.25) is 0 Å². The molecule has 0 spiro atoms. The molecule has 0 atom stereocenters. The first-order valence-corrected chi connectivity index (χ1v) is 8.68. The smallest absolute Gasteiger partial charge is 0.254 e. The highest BCUT2D eigenvalue weighted by Gasteiger charge is 2.22. The third-order valence-electron chi connectivity index (χ3n) is 4.07. The van der Waals surface area contributed by atoms with E-state index in [2.05, 4.69) is 15.6 Å². The second-order valence-electron chi connectivity index (χ2n) is 7.29. The first-order valence-electron chi connectivity index (χ1n) is 8.68. The number of fused-ring (bicyclic) bond motifs is 1. The Labute approximate surface area is 160 Å². The van der Waals surface area contributed by atoms with Crippen LogP contribution < -0.4 is 10.6 Å². The van der Waals surface area contributed by atoms with Crippen LogP contribution in [0, 0.1) is 11.6 Å². The molecule has 0 aliphatic carbocycles. The summed E-state index contributed by atoms with van der Waals surface area (Å²) in [5.41, 5.74) is 0.906. The zero-order valence-electron chi connectivity index (χ0n) is 15.7. The van der Waals surface area contributed by atoms with Crippen molar-refractivity contribution >= 4 is 28.8 Å². The van der Waals surface area contributed by atoms with Crippen molar-refractivity contribution in [1.29, 1.82) is 0 Å². The van der Waals surface area contributed by atoms with Crippen LogP contribution in [0.4, 0.5) is 14.7 Å². The molecular weight excluding hydrogens is 366 g/mol. The average molecular weight is 386 g/mol. The van der Waals surface area contributed by atoms with Gasteiger partial charge in [-0.15, -0.1) is 0 Å². The number of benzene rings is 2. The molecule has 3 aromatic rings. The molecule has 2 N–H and O–H groups in total. The normalized spacial score (nSPS) is 11.5. The van der Waals surface area contributed by atoms with Crippen molar-refractivity contribution < 1.29 is 18.4 Å². The zero-order chi connectivity index (χ0) is 20.5. The van der Waals surface area contributed by atoms with Gasteiger partial charge in [-0.1, -0.05) is 12.1 Å². The number of carbonyl (C=O) groups excluding carboxylic acids is 2. The highest BCUT2D eigenvalue weighted by Crippen LogP contribution is 2.27. The lowest BCUT2D eigenvalue weighted by molar-refractivity contribution is -0.115. The Kier molecular flexibility index (Phi) is 5.13. The lowest BCUT2D eigenvalue weighted by Crippen LogP contribution is -2.34. The quantitative estimate of drug-likeness (QED) is 0.721. The second kappa shape index (κ2) is 7.38. The molecule has 1 heterocycles. The van der Waals surface area contributed by atoms with E-state index in [1.807, 2.05) is 49.6 Å². The minimum atomic E-state index is -0.993. The Morgan fingerprint density at radius 1 is 1.11 bits per heavy atom. The Balaban J connectivity index is 1.74. The molecule has 28 heavy (non-hydrogen) atoms. The summed E-state index contributed by atoms with van der Waals surface area (Å²) in [5.74, 6) is -2.75. The fourth-order valence-corrected chi connectivity index (χ4v) is 2.89. The number of carbonyl (C=O) groups is 2. The van der Waals surface area contributed by atoms with E-state index in [0.29, 0.717) is 12.0 Å². The van der Waals surface area contributed by atoms with Crippen molar-refractivity contribution in [2.24, 2.45) is 0 Å². The molecule has 1 aromatic heterocycles. The van der Waals surface area contributed by atoms with E-state index in [4.69, 9.17) is 0 Å². The Hall–Kier alpha value is -3.29. The van der Waals surface area contributed by atoms with Gasteiger partial charge in [0.25, 0.3) is 5.91 Å². The number of hydrogen-bond acceptors (Lipinski definition) is 3. The van der Waals surface area contributed by atoms with Crippen LogP contribution in [0.5, 0.6) is 0 Å². The van der Waals surface area contributed by atoms with E-state index in [0.717, 1.165) is 23.2 Å². The van der Waals surface area contributed by atoms with E-state index in [1.165, 1.54) is 0 Å². The molecule has 8 heteroatoms. The third-order valence-corrected chi connectivity index (χ3v) is 4.07. The maximum absolute atomic E-state index is 13.7. The molecule has 3 rings (SSSR count). The van der Waals surface area contributed by atoms with E-state index in [9.17, 15) is 18.4 Å². The number of para-hydroxylation sites is 2. The topological polar surface area (TPSA) is 76.0 Å². The lowest BCUT2D eigenvalue weighted by Gasteiger charge is -2.24. The summed E-state index contributed by atoms with van der Waals surface area (Å²) in [4.78, 5) is 28.8. The van der Waals surface area contributed by atoms with Gasteiger partial charge in [-0.2, -0.15) is 0 Å². The number of nitrogens with zero attached hydrogens (tertiary/aromatic N) is 2. The largest absolute Gasteiger partial charge is 0.343 e. The molecule has 6 nitrogen and oxygen atoms in total. The third kappa shape index (κ3) is 4.00. The van der Waals surface area contributed by atoms with Gasteiger partial charge in [0.05, 0.1) is 23.1 Å². The summed E-state index contributed by atoms with van der Waals surface area (Å²) in [5, 5.41) is 5.00. The number of rotatable bonds is 4. The number of halogens is 2. The van der Waals surface area contributed by atoms with Crippen LogP contribution in [0.3, 0.4) is 0 Å². The number of anilines is 1. The highest BCUT2D eigenvalue weighted by atomic mass is 19.1. The molecule has 0 unspecified atom stereocenters. The predicted molar refractivity (Wildman–Crippen MR) is 102 cm³/mol. The van der Waals surface area contributed by atoms with Crippen LogP contribution in [0.25, 0.3) is 11.0 Å². The summed E-state index contributed by atoms with van der Waals surface area (Å²) in [6.07, 6.45) is 0. The molecule has 0 aliphatic rings. The molecule has 2 aromatic carbocycles. The molecule has 2 amide bonds. The molecule has 0 radical (unpaired) electrons. The van der Waals surface area contributed by atoms with Crippen molar-refractivity contribution in [3.8, 4) is 0 Å². The van der Waals surface area contributed by atoms with Crippen LogP contribution in [-0.2, 0) is 10.3 Å². The maximum Gasteiger partial charge on any atom is 0.254 e. The SMILES string of the molecule is CC(C)(C)n1c(NC(=O)CNC(=O)c2ccc(F)cc2F)nc2ccccc21. The van der Waals surface area contributed by atoms with Gasteiger partial charge >= 0.3 is 0 Å². The van der Waals surface area contributed by atoms with Crippen molar-refractivity contribution in [1.82, 2.24) is 14.9 Å². The summed E-state index contributed by atoms with van der Waals surface area (Å²) in [7, 11) is 0. The number of imidazole rings is 1. The van der Waals surface area contributed by atoms with Crippen LogP contribution >= 0.6 is 0 Å². The van der Waals surface area contributed by atoms with Crippen LogP contribution in [0.1, 0.15) is 31.1 Å². The van der Waals surface area contributed by atoms with Crippen molar-refractivity contribution in [3.05, 3.63) is 59.7 Å². The van der Waals surface area contributed by atoms with Crippen LogP contribution in [0.15, 0.2) is 42.5 Å². The van der Waals surface area contributed by atoms with Gasteiger partial charge in [0.2, 0.25) is 11.9 Å². The maximum atomic E-state index is 13.7. The second-order valence-corrected chi connectivity index (χ2v) is 7.29. The van der Waals surface area contributed by atoms with Gasteiger partial charge in [0, 0.05) is 11.6 Å². The van der Waals surface area contributed by atoms with Crippen molar-refractivity contribution in [2.75, 3.05) is 11.9 Å². The molecule has 0 saturated carbocycles. The van der Waals surface area contributed by atoms with Gasteiger partial charge in [-0.25, -0.2) is 13.8 Å². The standard InChI is InChI=1S/C20H20F2N4O2/c1-20(2,3)26-16-7-5-4-6-15(16)24-19(26)25-17(27)11-23-18(28)13-9-8-12(21)10-14(13)22/h4-10H,11H2,1-3H3,(H,23,28)(H,24,25,27). The Bertz CT molecular complexity index is 1050. The van der Waals surface area contributed by atoms with Gasteiger partial charge in [-0.05, 0) is 45.0 Å². The first kappa shape index (κ1) is 19.5. The monoisotopic (exact) mass is 386 g/mol. The fourth-order valence-electron chi connectivity index (χ4n) is 2.89. The first-order chi connectivity index (χ1) is 13.2. The van der Waals surface area contributed by atoms with Gasteiger partial charge < -0.3 is 9.88 Å². The Morgan fingerprint density at radius 3 is 2.50 bits per heavy atom. The lowest BCUT2D eigenvalue weighted by atomic mass is 10.1. The number of nitrogens with one attached hydrogen (secondary N) is 2.